The van der Waals surface area contributed by atoms with Gasteiger partial charge in [-0.25, -0.2) is 0 Å². The van der Waals surface area contributed by atoms with E-state index in [1.807, 2.05) is 12.1 Å². The SMILES string of the molecule is COc1ccc(CN2CCN(CC3CCCCC3)C(CCO)C2)c(OC)c1. The van der Waals surface area contributed by atoms with E-state index in [1.54, 1.807) is 14.2 Å². The van der Waals surface area contributed by atoms with Gasteiger partial charge in [0.15, 0.2) is 0 Å². The van der Waals surface area contributed by atoms with Gasteiger partial charge in [0.05, 0.1) is 14.2 Å². The van der Waals surface area contributed by atoms with Crippen molar-refractivity contribution in [3.05, 3.63) is 23.8 Å². The molecule has 0 amide bonds. The molecule has 1 unspecified atom stereocenters. The van der Waals surface area contributed by atoms with E-state index < -0.39 is 0 Å². The fourth-order valence-electron chi connectivity index (χ4n) is 4.69. The number of benzene rings is 1. The Morgan fingerprint density at radius 1 is 1.07 bits per heavy atom. The Bertz CT molecular complexity index is 575. The molecule has 3 rings (SSSR count). The van der Waals surface area contributed by atoms with Crippen molar-refractivity contribution in [1.82, 2.24) is 9.80 Å². The summed E-state index contributed by atoms with van der Waals surface area (Å²) < 4.78 is 10.9. The van der Waals surface area contributed by atoms with Gasteiger partial charge in [-0.3, -0.25) is 9.80 Å². The Morgan fingerprint density at radius 3 is 2.59 bits per heavy atom. The molecule has 2 aliphatic rings. The van der Waals surface area contributed by atoms with Crippen molar-refractivity contribution < 1.29 is 14.6 Å². The molecule has 1 aromatic carbocycles. The highest BCUT2D eigenvalue weighted by Gasteiger charge is 2.29. The first kappa shape index (κ1) is 20.4. The summed E-state index contributed by atoms with van der Waals surface area (Å²) in [6, 6.07) is 6.52. The van der Waals surface area contributed by atoms with Crippen LogP contribution in [-0.2, 0) is 6.54 Å². The molecule has 0 aromatic heterocycles. The second-order valence-electron chi connectivity index (χ2n) is 8.08. The molecule has 1 saturated heterocycles. The van der Waals surface area contributed by atoms with Crippen LogP contribution in [0.2, 0.25) is 0 Å². The molecule has 1 aliphatic heterocycles. The Hall–Kier alpha value is -1.30. The van der Waals surface area contributed by atoms with Crippen molar-refractivity contribution in [1.29, 1.82) is 0 Å². The van der Waals surface area contributed by atoms with Crippen molar-refractivity contribution in [2.24, 2.45) is 5.92 Å². The average molecular weight is 377 g/mol. The van der Waals surface area contributed by atoms with E-state index in [0.29, 0.717) is 6.04 Å². The van der Waals surface area contributed by atoms with Gasteiger partial charge in [-0.05, 0) is 31.2 Å². The third-order valence-corrected chi connectivity index (χ3v) is 6.26. The fraction of sp³-hybridized carbons (Fsp3) is 0.727. The minimum absolute atomic E-state index is 0.269. The first-order chi connectivity index (χ1) is 13.2. The summed E-state index contributed by atoms with van der Waals surface area (Å²) in [6.07, 6.45) is 7.83. The standard InChI is InChI=1S/C22H36N2O3/c1-26-21-9-8-19(22(14-21)27-2)16-23-11-12-24(20(17-23)10-13-25)15-18-6-4-3-5-7-18/h8-9,14,18,20,25H,3-7,10-13,15-17H2,1-2H3. The third kappa shape index (κ3) is 5.59. The van der Waals surface area contributed by atoms with Crippen LogP contribution in [0.3, 0.4) is 0 Å². The van der Waals surface area contributed by atoms with Gasteiger partial charge < -0.3 is 14.6 Å². The zero-order chi connectivity index (χ0) is 19.1. The second kappa shape index (κ2) is 10.3. The van der Waals surface area contributed by atoms with Crippen LogP contribution in [-0.4, -0.2) is 68.0 Å². The van der Waals surface area contributed by atoms with Crippen LogP contribution in [0.4, 0.5) is 0 Å². The van der Waals surface area contributed by atoms with Crippen LogP contribution in [0.25, 0.3) is 0 Å². The van der Waals surface area contributed by atoms with Crippen LogP contribution in [0.15, 0.2) is 18.2 Å². The van der Waals surface area contributed by atoms with Crippen molar-refractivity contribution in [2.45, 2.75) is 51.1 Å². The van der Waals surface area contributed by atoms with Crippen molar-refractivity contribution >= 4 is 0 Å². The van der Waals surface area contributed by atoms with E-state index in [0.717, 1.165) is 50.0 Å². The van der Waals surface area contributed by atoms with E-state index >= 15 is 0 Å². The minimum atomic E-state index is 0.269. The van der Waals surface area contributed by atoms with E-state index in [-0.39, 0.29) is 6.61 Å². The van der Waals surface area contributed by atoms with Gasteiger partial charge in [-0.15, -0.1) is 0 Å². The van der Waals surface area contributed by atoms with Gasteiger partial charge in [0.25, 0.3) is 0 Å². The van der Waals surface area contributed by atoms with Crippen LogP contribution in [0.5, 0.6) is 11.5 Å². The lowest BCUT2D eigenvalue weighted by atomic mass is 9.88. The van der Waals surface area contributed by atoms with E-state index in [9.17, 15) is 5.11 Å². The molecule has 1 aliphatic carbocycles. The number of nitrogens with zero attached hydrogens (tertiary/aromatic N) is 2. The third-order valence-electron chi connectivity index (χ3n) is 6.26. The van der Waals surface area contributed by atoms with Crippen molar-refractivity contribution in [2.75, 3.05) is 47.0 Å². The van der Waals surface area contributed by atoms with Gasteiger partial charge in [0.2, 0.25) is 0 Å². The molecule has 5 nitrogen and oxygen atoms in total. The van der Waals surface area contributed by atoms with E-state index in [4.69, 9.17) is 9.47 Å². The van der Waals surface area contributed by atoms with Gasteiger partial charge in [0.1, 0.15) is 11.5 Å². The largest absolute Gasteiger partial charge is 0.497 e. The normalized spacial score (nSPS) is 22.7. The maximum absolute atomic E-state index is 9.58. The highest BCUT2D eigenvalue weighted by atomic mass is 16.5. The second-order valence-corrected chi connectivity index (χ2v) is 8.08. The highest BCUT2D eigenvalue weighted by Crippen LogP contribution is 2.29. The first-order valence-electron chi connectivity index (χ1n) is 10.5. The van der Waals surface area contributed by atoms with Crippen LogP contribution < -0.4 is 9.47 Å². The van der Waals surface area contributed by atoms with Crippen molar-refractivity contribution in [3.8, 4) is 11.5 Å². The molecule has 1 saturated carbocycles. The maximum atomic E-state index is 9.58. The zero-order valence-electron chi connectivity index (χ0n) is 17.0. The molecular formula is C22H36N2O3. The van der Waals surface area contributed by atoms with Crippen LogP contribution in [0.1, 0.15) is 44.1 Å². The van der Waals surface area contributed by atoms with E-state index in [1.165, 1.54) is 44.2 Å². The average Bonchev–Trinajstić information content (AvgIpc) is 2.71. The Balaban J connectivity index is 1.60. The molecule has 1 heterocycles. The minimum Gasteiger partial charge on any atom is -0.497 e. The molecule has 0 bridgehead atoms. The summed E-state index contributed by atoms with van der Waals surface area (Å²) in [4.78, 5) is 5.15. The molecule has 1 aromatic rings. The number of hydrogen-bond donors (Lipinski definition) is 1. The summed E-state index contributed by atoms with van der Waals surface area (Å²) >= 11 is 0. The van der Waals surface area contributed by atoms with Gasteiger partial charge in [-0.1, -0.05) is 25.3 Å². The number of aliphatic hydroxyl groups excluding tert-OH is 1. The molecule has 152 valence electrons. The fourth-order valence-corrected chi connectivity index (χ4v) is 4.69. The molecule has 0 spiro atoms. The number of ether oxygens (including phenoxy) is 2. The molecule has 1 atom stereocenters. The lowest BCUT2D eigenvalue weighted by molar-refractivity contribution is 0.0397. The predicted octanol–water partition coefficient (Wildman–Crippen LogP) is 3.15. The van der Waals surface area contributed by atoms with Crippen LogP contribution >= 0.6 is 0 Å². The number of hydrogen-bond acceptors (Lipinski definition) is 5. The summed E-state index contributed by atoms with van der Waals surface area (Å²) in [5.41, 5.74) is 1.20. The molecule has 1 N–H and O–H groups in total. The molecule has 0 radical (unpaired) electrons. The quantitative estimate of drug-likeness (QED) is 0.755. The maximum Gasteiger partial charge on any atom is 0.127 e. The smallest absolute Gasteiger partial charge is 0.127 e. The predicted molar refractivity (Wildman–Crippen MR) is 108 cm³/mol. The number of aliphatic hydroxyl groups is 1. The Morgan fingerprint density at radius 2 is 1.89 bits per heavy atom. The zero-order valence-corrected chi connectivity index (χ0v) is 17.0. The monoisotopic (exact) mass is 376 g/mol. The summed E-state index contributed by atoms with van der Waals surface area (Å²) in [7, 11) is 3.40. The van der Waals surface area contributed by atoms with Crippen LogP contribution in [0, 0.1) is 5.92 Å². The van der Waals surface area contributed by atoms with Gasteiger partial charge >= 0.3 is 0 Å². The number of piperazine rings is 1. The molecular weight excluding hydrogens is 340 g/mol. The summed E-state index contributed by atoms with van der Waals surface area (Å²) in [5, 5.41) is 9.58. The lowest BCUT2D eigenvalue weighted by Crippen LogP contribution is -2.54. The van der Waals surface area contributed by atoms with Gasteiger partial charge in [0, 0.05) is 57.0 Å². The topological polar surface area (TPSA) is 45.2 Å². The Labute approximate surface area is 164 Å². The number of methoxy groups -OCH3 is 2. The summed E-state index contributed by atoms with van der Waals surface area (Å²) in [6.45, 7) is 5.55. The molecule has 27 heavy (non-hydrogen) atoms. The number of rotatable bonds is 8. The Kier molecular flexibility index (Phi) is 7.80. The highest BCUT2D eigenvalue weighted by molar-refractivity contribution is 5.40. The van der Waals surface area contributed by atoms with Gasteiger partial charge in [-0.2, -0.15) is 0 Å². The first-order valence-corrected chi connectivity index (χ1v) is 10.5. The van der Waals surface area contributed by atoms with E-state index in [2.05, 4.69) is 15.9 Å². The molecule has 2 fully saturated rings. The summed E-state index contributed by atoms with van der Waals surface area (Å²) in [5.74, 6) is 2.57. The molecule has 5 heteroatoms. The lowest BCUT2D eigenvalue weighted by Gasteiger charge is -2.43. The van der Waals surface area contributed by atoms with Crippen molar-refractivity contribution in [3.63, 3.8) is 0 Å².